The predicted molar refractivity (Wildman–Crippen MR) is 68.1 cm³/mol. The van der Waals surface area contributed by atoms with Gasteiger partial charge in [0.15, 0.2) is 5.78 Å². The molecule has 0 aliphatic heterocycles. The van der Waals surface area contributed by atoms with E-state index in [0.29, 0.717) is 11.3 Å². The third-order valence-electron chi connectivity index (χ3n) is 2.61. The molecule has 1 heterocycles. The molecule has 16 heavy (non-hydrogen) atoms. The second-order valence-electron chi connectivity index (χ2n) is 3.79. The monoisotopic (exact) mass is 231 g/mol. The number of ketones is 1. The first kappa shape index (κ1) is 10.9. The third-order valence-corrected chi connectivity index (χ3v) is 3.47. The summed E-state index contributed by atoms with van der Waals surface area (Å²) in [4.78, 5) is 13.3. The molecule has 0 amide bonds. The molecule has 3 heteroatoms. The van der Waals surface area contributed by atoms with E-state index in [1.165, 1.54) is 0 Å². The number of thiophene rings is 1. The third kappa shape index (κ3) is 1.86. The smallest absolute Gasteiger partial charge is 0.194 e. The number of nitrogens with two attached hydrogens (primary N) is 1. The molecular weight excluding hydrogens is 218 g/mol. The van der Waals surface area contributed by atoms with Crippen molar-refractivity contribution < 1.29 is 4.79 Å². The Balaban J connectivity index is 2.45. The minimum absolute atomic E-state index is 0.0501. The summed E-state index contributed by atoms with van der Waals surface area (Å²) in [5.41, 5.74) is 8.75. The standard InChI is InChI=1S/C13H13NOS/c1-8-6-10(7-16-8)13(15)11-4-3-5-12(14)9(11)2/h3-7H,14H2,1-2H3. The van der Waals surface area contributed by atoms with Crippen LogP contribution in [0.15, 0.2) is 29.6 Å². The van der Waals surface area contributed by atoms with E-state index in [9.17, 15) is 4.79 Å². The maximum absolute atomic E-state index is 12.2. The van der Waals surface area contributed by atoms with E-state index in [-0.39, 0.29) is 5.78 Å². The van der Waals surface area contributed by atoms with Crippen molar-refractivity contribution in [3.05, 3.63) is 51.2 Å². The fourth-order valence-corrected chi connectivity index (χ4v) is 2.30. The summed E-state index contributed by atoms with van der Waals surface area (Å²) >= 11 is 1.59. The average molecular weight is 231 g/mol. The zero-order valence-corrected chi connectivity index (χ0v) is 10.1. The first-order valence-corrected chi connectivity index (χ1v) is 5.92. The van der Waals surface area contributed by atoms with Gasteiger partial charge in [-0.05, 0) is 31.5 Å². The number of benzene rings is 1. The van der Waals surface area contributed by atoms with E-state index in [2.05, 4.69) is 0 Å². The number of carbonyl (C=O) groups is 1. The molecule has 0 aliphatic carbocycles. The van der Waals surface area contributed by atoms with Gasteiger partial charge >= 0.3 is 0 Å². The molecule has 0 bridgehead atoms. The summed E-state index contributed by atoms with van der Waals surface area (Å²) in [5, 5.41) is 1.89. The van der Waals surface area contributed by atoms with Crippen LogP contribution in [0.5, 0.6) is 0 Å². The minimum atomic E-state index is 0.0501. The van der Waals surface area contributed by atoms with Gasteiger partial charge in [0.25, 0.3) is 0 Å². The Kier molecular flexibility index (Phi) is 2.79. The van der Waals surface area contributed by atoms with Gasteiger partial charge in [0.2, 0.25) is 0 Å². The van der Waals surface area contributed by atoms with Crippen LogP contribution in [0.1, 0.15) is 26.4 Å². The van der Waals surface area contributed by atoms with E-state index < -0.39 is 0 Å². The van der Waals surface area contributed by atoms with Crippen LogP contribution in [-0.2, 0) is 0 Å². The molecule has 0 atom stereocenters. The van der Waals surface area contributed by atoms with E-state index in [1.54, 1.807) is 11.3 Å². The topological polar surface area (TPSA) is 43.1 Å². The Morgan fingerprint density at radius 1 is 1.31 bits per heavy atom. The van der Waals surface area contributed by atoms with Gasteiger partial charge in [0, 0.05) is 27.1 Å². The average Bonchev–Trinajstić information content (AvgIpc) is 2.68. The van der Waals surface area contributed by atoms with Crippen molar-refractivity contribution in [2.24, 2.45) is 0 Å². The maximum atomic E-state index is 12.2. The van der Waals surface area contributed by atoms with E-state index >= 15 is 0 Å². The zero-order valence-electron chi connectivity index (χ0n) is 9.28. The largest absolute Gasteiger partial charge is 0.398 e. The van der Waals surface area contributed by atoms with Crippen LogP contribution in [-0.4, -0.2) is 5.78 Å². The van der Waals surface area contributed by atoms with Crippen LogP contribution in [0.3, 0.4) is 0 Å². The first-order chi connectivity index (χ1) is 7.59. The van der Waals surface area contributed by atoms with Gasteiger partial charge in [-0.15, -0.1) is 11.3 Å². The van der Waals surface area contributed by atoms with Crippen LogP contribution >= 0.6 is 11.3 Å². The van der Waals surface area contributed by atoms with E-state index in [0.717, 1.165) is 16.0 Å². The molecule has 2 aromatic rings. The van der Waals surface area contributed by atoms with Gasteiger partial charge in [-0.1, -0.05) is 12.1 Å². The quantitative estimate of drug-likeness (QED) is 0.637. The molecule has 0 radical (unpaired) electrons. The number of anilines is 1. The van der Waals surface area contributed by atoms with Gasteiger partial charge in [0.1, 0.15) is 0 Å². The predicted octanol–water partition coefficient (Wildman–Crippen LogP) is 3.18. The number of hydrogen-bond acceptors (Lipinski definition) is 3. The van der Waals surface area contributed by atoms with E-state index in [4.69, 9.17) is 5.73 Å². The van der Waals surface area contributed by atoms with Crippen LogP contribution in [0.4, 0.5) is 5.69 Å². The van der Waals surface area contributed by atoms with Crippen molar-refractivity contribution in [1.82, 2.24) is 0 Å². The molecule has 1 aromatic carbocycles. The molecule has 0 aliphatic rings. The summed E-state index contributed by atoms with van der Waals surface area (Å²) in [7, 11) is 0. The molecule has 0 fully saturated rings. The molecule has 82 valence electrons. The molecule has 1 aromatic heterocycles. The fourth-order valence-electron chi connectivity index (χ4n) is 1.62. The number of nitrogen functional groups attached to an aromatic ring is 1. The molecule has 0 saturated heterocycles. The highest BCUT2D eigenvalue weighted by Crippen LogP contribution is 2.21. The van der Waals surface area contributed by atoms with Crippen molar-refractivity contribution in [3.8, 4) is 0 Å². The Labute approximate surface area is 98.7 Å². The zero-order chi connectivity index (χ0) is 11.7. The lowest BCUT2D eigenvalue weighted by atomic mass is 10.00. The number of hydrogen-bond donors (Lipinski definition) is 1. The number of aryl methyl sites for hydroxylation is 1. The minimum Gasteiger partial charge on any atom is -0.398 e. The number of rotatable bonds is 2. The van der Waals surface area contributed by atoms with Crippen molar-refractivity contribution in [3.63, 3.8) is 0 Å². The Bertz CT molecular complexity index is 543. The van der Waals surface area contributed by atoms with Crippen LogP contribution in [0.25, 0.3) is 0 Å². The first-order valence-electron chi connectivity index (χ1n) is 5.04. The SMILES string of the molecule is Cc1cc(C(=O)c2cccc(N)c2C)cs1. The Hall–Kier alpha value is -1.61. The molecule has 2 rings (SSSR count). The molecule has 0 saturated carbocycles. The highest BCUT2D eigenvalue weighted by atomic mass is 32.1. The van der Waals surface area contributed by atoms with Crippen LogP contribution in [0.2, 0.25) is 0 Å². The maximum Gasteiger partial charge on any atom is 0.194 e. The van der Waals surface area contributed by atoms with Crippen LogP contribution in [0, 0.1) is 13.8 Å². The second kappa shape index (κ2) is 4.10. The fraction of sp³-hybridized carbons (Fsp3) is 0.154. The van der Waals surface area contributed by atoms with Gasteiger partial charge in [-0.3, -0.25) is 4.79 Å². The van der Waals surface area contributed by atoms with Crippen LogP contribution < -0.4 is 5.73 Å². The van der Waals surface area contributed by atoms with Gasteiger partial charge < -0.3 is 5.73 Å². The summed E-state index contributed by atoms with van der Waals surface area (Å²) < 4.78 is 0. The highest BCUT2D eigenvalue weighted by molar-refractivity contribution is 7.10. The summed E-state index contributed by atoms with van der Waals surface area (Å²) in [6, 6.07) is 7.36. The van der Waals surface area contributed by atoms with E-state index in [1.807, 2.05) is 43.5 Å². The van der Waals surface area contributed by atoms with Gasteiger partial charge in [-0.25, -0.2) is 0 Å². The van der Waals surface area contributed by atoms with Crippen molar-refractivity contribution in [2.75, 3.05) is 5.73 Å². The molecule has 2 nitrogen and oxygen atoms in total. The molecule has 2 N–H and O–H groups in total. The summed E-state index contributed by atoms with van der Waals surface area (Å²) in [6.07, 6.45) is 0. The highest BCUT2D eigenvalue weighted by Gasteiger charge is 2.13. The normalized spacial score (nSPS) is 10.4. The number of carbonyl (C=O) groups excluding carboxylic acids is 1. The lowest BCUT2D eigenvalue weighted by Crippen LogP contribution is -2.04. The second-order valence-corrected chi connectivity index (χ2v) is 4.91. The van der Waals surface area contributed by atoms with Gasteiger partial charge in [0.05, 0.1) is 0 Å². The van der Waals surface area contributed by atoms with Crippen molar-refractivity contribution >= 4 is 22.8 Å². The summed E-state index contributed by atoms with van der Waals surface area (Å²) in [5.74, 6) is 0.0501. The lowest BCUT2D eigenvalue weighted by Gasteiger charge is -2.05. The Morgan fingerprint density at radius 3 is 2.69 bits per heavy atom. The van der Waals surface area contributed by atoms with Gasteiger partial charge in [-0.2, -0.15) is 0 Å². The van der Waals surface area contributed by atoms with Crippen molar-refractivity contribution in [2.45, 2.75) is 13.8 Å². The Morgan fingerprint density at radius 2 is 2.06 bits per heavy atom. The lowest BCUT2D eigenvalue weighted by molar-refractivity contribution is 0.103. The molecular formula is C13H13NOS. The molecule has 0 spiro atoms. The summed E-state index contributed by atoms with van der Waals surface area (Å²) in [6.45, 7) is 3.87. The van der Waals surface area contributed by atoms with Crippen molar-refractivity contribution in [1.29, 1.82) is 0 Å². The molecule has 0 unspecified atom stereocenters.